The van der Waals surface area contributed by atoms with E-state index in [9.17, 15) is 28.8 Å². The van der Waals surface area contributed by atoms with Gasteiger partial charge in [-0.15, -0.1) is 0 Å². The van der Waals surface area contributed by atoms with Gasteiger partial charge in [0.25, 0.3) is 10.5 Å². The fraction of sp³-hybridized carbons (Fsp3) is 0.290. The van der Waals surface area contributed by atoms with Gasteiger partial charge >= 0.3 is 11.3 Å². The van der Waals surface area contributed by atoms with Crippen molar-refractivity contribution >= 4 is 78.9 Å². The molecule has 0 aliphatic rings. The molecule has 0 spiro atoms. The Morgan fingerprint density at radius 2 is 1.21 bits per heavy atom. The van der Waals surface area contributed by atoms with Gasteiger partial charge in [-0.1, -0.05) is 44.3 Å². The third-order valence-corrected chi connectivity index (χ3v) is 7.91. The van der Waals surface area contributed by atoms with Crippen molar-refractivity contribution in [2.75, 3.05) is 22.1 Å². The van der Waals surface area contributed by atoms with Gasteiger partial charge in [0.1, 0.15) is 22.7 Å². The van der Waals surface area contributed by atoms with Crippen molar-refractivity contribution in [3.63, 3.8) is 0 Å². The SMILES string of the molecule is CCC(=O)C(C)CSC(=O)Nc1ccc2ccc(=O)oc2c1.CCC(=O)CCSC(=O)Nc1ccc2ccc(=O)oc2c1. The van der Waals surface area contributed by atoms with Gasteiger partial charge in [0.05, 0.1) is 0 Å². The number of Topliss-reactive ketones (excluding diaryl/α,β-unsaturated/α-hetero) is 2. The minimum absolute atomic E-state index is 0.141. The summed E-state index contributed by atoms with van der Waals surface area (Å²) in [6.45, 7) is 5.43. The second-order valence-electron chi connectivity index (χ2n) is 9.36. The van der Waals surface area contributed by atoms with E-state index in [1.54, 1.807) is 55.5 Å². The predicted molar refractivity (Wildman–Crippen MR) is 172 cm³/mol. The van der Waals surface area contributed by atoms with Crippen LogP contribution in [0.25, 0.3) is 21.9 Å². The smallest absolute Gasteiger partial charge is 0.336 e. The highest BCUT2D eigenvalue weighted by Gasteiger charge is 2.14. The Kier molecular flexibility index (Phi) is 12.8. The Bertz CT molecular complexity index is 1730. The fourth-order valence-electron chi connectivity index (χ4n) is 3.66. The molecule has 1 atom stereocenters. The lowest BCUT2D eigenvalue weighted by Crippen LogP contribution is -2.15. The zero-order valence-electron chi connectivity index (χ0n) is 24.0. The number of anilines is 2. The minimum Gasteiger partial charge on any atom is -0.423 e. The number of carbonyl (C=O) groups excluding carboxylic acids is 4. The van der Waals surface area contributed by atoms with Crippen molar-refractivity contribution in [1.29, 1.82) is 0 Å². The van der Waals surface area contributed by atoms with Crippen LogP contribution in [0.4, 0.5) is 21.0 Å². The topological polar surface area (TPSA) is 153 Å². The third-order valence-electron chi connectivity index (χ3n) is 6.11. The highest BCUT2D eigenvalue weighted by Crippen LogP contribution is 2.21. The first-order valence-electron chi connectivity index (χ1n) is 13.6. The van der Waals surface area contributed by atoms with Crippen LogP contribution < -0.4 is 21.9 Å². The van der Waals surface area contributed by atoms with E-state index >= 15 is 0 Å². The molecule has 0 fully saturated rings. The van der Waals surface area contributed by atoms with Gasteiger partial charge in [-0.05, 0) is 36.4 Å². The molecule has 10 nitrogen and oxygen atoms in total. The molecule has 0 bridgehead atoms. The maximum Gasteiger partial charge on any atom is 0.336 e. The average molecular weight is 625 g/mol. The van der Waals surface area contributed by atoms with Gasteiger partial charge < -0.3 is 19.5 Å². The number of hydrogen-bond donors (Lipinski definition) is 2. The fourth-order valence-corrected chi connectivity index (χ4v) is 5.14. The van der Waals surface area contributed by atoms with Gasteiger partial charge in [-0.2, -0.15) is 0 Å². The van der Waals surface area contributed by atoms with Crippen LogP contribution in [-0.4, -0.2) is 33.6 Å². The first kappa shape index (κ1) is 33.3. The summed E-state index contributed by atoms with van der Waals surface area (Å²) in [5.41, 5.74) is 1.08. The molecule has 12 heteroatoms. The van der Waals surface area contributed by atoms with Crippen molar-refractivity contribution in [2.45, 2.75) is 40.0 Å². The zero-order chi connectivity index (χ0) is 31.4. The van der Waals surface area contributed by atoms with E-state index in [4.69, 9.17) is 8.83 Å². The molecular weight excluding hydrogens is 592 g/mol. The summed E-state index contributed by atoms with van der Waals surface area (Å²) < 4.78 is 10.1. The average Bonchev–Trinajstić information content (AvgIpc) is 2.99. The van der Waals surface area contributed by atoms with Crippen molar-refractivity contribution in [3.05, 3.63) is 81.5 Å². The van der Waals surface area contributed by atoms with E-state index in [1.165, 1.54) is 12.1 Å². The number of carbonyl (C=O) groups is 4. The van der Waals surface area contributed by atoms with E-state index < -0.39 is 11.3 Å². The van der Waals surface area contributed by atoms with Crippen LogP contribution in [0.2, 0.25) is 0 Å². The normalized spacial score (nSPS) is 11.3. The molecule has 43 heavy (non-hydrogen) atoms. The lowest BCUT2D eigenvalue weighted by Gasteiger charge is -2.09. The molecule has 0 saturated heterocycles. The summed E-state index contributed by atoms with van der Waals surface area (Å²) >= 11 is 2.13. The molecule has 1 unspecified atom stereocenters. The summed E-state index contributed by atoms with van der Waals surface area (Å²) in [6, 6.07) is 16.2. The molecule has 0 aliphatic heterocycles. The van der Waals surface area contributed by atoms with Crippen LogP contribution in [0.1, 0.15) is 40.0 Å². The first-order valence-corrected chi connectivity index (χ1v) is 15.5. The largest absolute Gasteiger partial charge is 0.423 e. The number of rotatable bonds is 10. The van der Waals surface area contributed by atoms with Crippen LogP contribution in [-0.2, 0) is 9.59 Å². The summed E-state index contributed by atoms with van der Waals surface area (Å²) in [7, 11) is 0. The molecule has 0 radical (unpaired) electrons. The molecule has 4 rings (SSSR count). The van der Waals surface area contributed by atoms with Crippen LogP contribution in [0.5, 0.6) is 0 Å². The molecule has 2 aromatic carbocycles. The highest BCUT2D eigenvalue weighted by molar-refractivity contribution is 8.14. The molecule has 4 aromatic rings. The first-order chi connectivity index (χ1) is 20.6. The second kappa shape index (κ2) is 16.5. The van der Waals surface area contributed by atoms with Crippen molar-refractivity contribution < 1.29 is 28.0 Å². The molecule has 2 heterocycles. The van der Waals surface area contributed by atoms with Crippen molar-refractivity contribution in [3.8, 4) is 0 Å². The Hall–Kier alpha value is -4.16. The van der Waals surface area contributed by atoms with Crippen LogP contribution in [0, 0.1) is 5.92 Å². The van der Waals surface area contributed by atoms with Crippen LogP contribution in [0.3, 0.4) is 0 Å². The number of ketones is 2. The van der Waals surface area contributed by atoms with E-state index in [-0.39, 0.29) is 28.0 Å². The van der Waals surface area contributed by atoms with Gasteiger partial charge in [0, 0.05) is 83.1 Å². The summed E-state index contributed by atoms with van der Waals surface area (Å²) in [4.78, 5) is 68.6. The summed E-state index contributed by atoms with van der Waals surface area (Å²) in [6.07, 6.45) is 1.36. The van der Waals surface area contributed by atoms with Gasteiger partial charge in [-0.25, -0.2) is 9.59 Å². The maximum absolute atomic E-state index is 11.9. The monoisotopic (exact) mass is 624 g/mol. The Balaban J connectivity index is 0.000000236. The molecule has 2 aromatic heterocycles. The number of amides is 2. The standard InChI is InChI=1S/C16H17NO4S.C15H15NO4S/c1-3-13(18)10(2)9-22-16(20)17-12-6-4-11-5-7-15(19)21-14(11)8-12;1-2-12(17)7-8-21-15(19)16-11-5-3-10-4-6-14(18)20-13(10)9-11/h4-8,10H,3,9H2,1-2H3,(H,17,20);3-6,9H,2,7-8H2,1H3,(H,16,19). The Morgan fingerprint density at radius 3 is 1.70 bits per heavy atom. The lowest BCUT2D eigenvalue weighted by atomic mass is 10.1. The number of thioether (sulfide) groups is 2. The lowest BCUT2D eigenvalue weighted by molar-refractivity contribution is -0.121. The van der Waals surface area contributed by atoms with Gasteiger partial charge in [0.15, 0.2) is 0 Å². The van der Waals surface area contributed by atoms with E-state index in [2.05, 4.69) is 10.6 Å². The van der Waals surface area contributed by atoms with Crippen LogP contribution >= 0.6 is 23.5 Å². The zero-order valence-corrected chi connectivity index (χ0v) is 25.6. The van der Waals surface area contributed by atoms with Crippen LogP contribution in [0.15, 0.2) is 79.1 Å². The summed E-state index contributed by atoms with van der Waals surface area (Å²) in [5.74, 6) is 1.05. The molecule has 2 amide bonds. The molecule has 0 aliphatic carbocycles. The van der Waals surface area contributed by atoms with E-state index in [1.807, 2.05) is 13.8 Å². The van der Waals surface area contributed by atoms with Crippen molar-refractivity contribution in [1.82, 2.24) is 0 Å². The number of benzene rings is 2. The van der Waals surface area contributed by atoms with E-state index in [0.29, 0.717) is 53.3 Å². The number of fused-ring (bicyclic) bond motifs is 2. The van der Waals surface area contributed by atoms with Crippen molar-refractivity contribution in [2.24, 2.45) is 5.92 Å². The number of nitrogens with one attached hydrogen (secondary N) is 2. The second-order valence-corrected chi connectivity index (χ2v) is 11.4. The Morgan fingerprint density at radius 1 is 0.721 bits per heavy atom. The van der Waals surface area contributed by atoms with E-state index in [0.717, 1.165) is 34.3 Å². The summed E-state index contributed by atoms with van der Waals surface area (Å²) in [5, 5.41) is 6.50. The molecule has 0 saturated carbocycles. The Labute approximate surface area is 256 Å². The quantitative estimate of drug-likeness (QED) is 0.175. The predicted octanol–water partition coefficient (Wildman–Crippen LogP) is 7.10. The maximum atomic E-state index is 11.9. The molecule has 2 N–H and O–H groups in total. The molecule has 226 valence electrons. The number of hydrogen-bond acceptors (Lipinski definition) is 10. The van der Waals surface area contributed by atoms with Gasteiger partial charge in [0.2, 0.25) is 0 Å². The minimum atomic E-state index is -0.433. The highest BCUT2D eigenvalue weighted by atomic mass is 32.2. The van der Waals surface area contributed by atoms with Gasteiger partial charge in [-0.3, -0.25) is 19.2 Å². The third kappa shape index (κ3) is 10.9. The molecular formula is C31H32N2O8S2.